The minimum Gasteiger partial charge on any atom is -0.318 e. The average Bonchev–Trinajstić information content (AvgIpc) is 2.69. The molecule has 1 aliphatic rings. The van der Waals surface area contributed by atoms with Gasteiger partial charge in [0.2, 0.25) is 5.91 Å². The number of likely N-dealkylation sites (N-methyl/N-ethyl adjacent to an activating group) is 1. The van der Waals surface area contributed by atoms with E-state index in [1.165, 1.54) is 0 Å². The maximum Gasteiger partial charge on any atom is 0.329 e. The van der Waals surface area contributed by atoms with Gasteiger partial charge in [-0.05, 0) is 44.7 Å². The predicted octanol–water partition coefficient (Wildman–Crippen LogP) is 3.53. The van der Waals surface area contributed by atoms with E-state index in [0.29, 0.717) is 18.9 Å². The summed E-state index contributed by atoms with van der Waals surface area (Å²) in [5.41, 5.74) is 2.31. The summed E-state index contributed by atoms with van der Waals surface area (Å²) < 4.78 is 0. The second-order valence-corrected chi connectivity index (χ2v) is 6.54. The molecule has 1 aromatic heterocycles. The molecular formula is C20H26ClN5O2. The third-order valence-corrected chi connectivity index (χ3v) is 4.58. The number of carbonyl (C=O) groups excluding carboxylic acids is 2. The molecule has 3 amide bonds. The fourth-order valence-electron chi connectivity index (χ4n) is 3.01. The number of para-hydroxylation sites is 1. The van der Waals surface area contributed by atoms with Crippen LogP contribution in [0.4, 0.5) is 22.0 Å². The van der Waals surface area contributed by atoms with Crippen LogP contribution >= 0.6 is 12.4 Å². The van der Waals surface area contributed by atoms with Crippen LogP contribution in [0, 0.1) is 0 Å². The lowest BCUT2D eigenvalue weighted by Crippen LogP contribution is -2.45. The summed E-state index contributed by atoms with van der Waals surface area (Å²) in [4.78, 5) is 33.2. The fraction of sp³-hybridized carbons (Fsp3) is 0.350. The van der Waals surface area contributed by atoms with Gasteiger partial charge in [0.1, 0.15) is 5.82 Å². The van der Waals surface area contributed by atoms with Gasteiger partial charge in [0.15, 0.2) is 0 Å². The van der Waals surface area contributed by atoms with Gasteiger partial charge in [0.05, 0.1) is 29.7 Å². The van der Waals surface area contributed by atoms with Gasteiger partial charge in [-0.1, -0.05) is 25.1 Å². The van der Waals surface area contributed by atoms with E-state index in [1.807, 2.05) is 43.3 Å². The first-order valence-electron chi connectivity index (χ1n) is 9.17. The molecule has 0 saturated heterocycles. The number of nitrogens with zero attached hydrogens (tertiary/aromatic N) is 3. The third kappa shape index (κ3) is 4.43. The van der Waals surface area contributed by atoms with Crippen LogP contribution in [0.2, 0.25) is 0 Å². The molecule has 150 valence electrons. The van der Waals surface area contributed by atoms with Crippen LogP contribution in [0.3, 0.4) is 0 Å². The highest BCUT2D eigenvalue weighted by atomic mass is 35.5. The highest BCUT2D eigenvalue weighted by molar-refractivity contribution is 6.02. The highest BCUT2D eigenvalue weighted by Gasteiger charge is 2.32. The molecule has 0 aliphatic carbocycles. The number of fused-ring (bicyclic) bond motifs is 1. The molecule has 1 aromatic carbocycles. The van der Waals surface area contributed by atoms with Gasteiger partial charge in [0.25, 0.3) is 0 Å². The van der Waals surface area contributed by atoms with Crippen LogP contribution in [0.25, 0.3) is 0 Å². The van der Waals surface area contributed by atoms with Crippen molar-refractivity contribution in [2.45, 2.75) is 32.9 Å². The lowest BCUT2D eigenvalue weighted by atomic mass is 10.1. The molecular weight excluding hydrogens is 378 g/mol. The maximum atomic E-state index is 13.0. The number of nitrogens with one attached hydrogen (secondary N) is 2. The number of carbonyl (C=O) groups is 2. The Hall–Kier alpha value is -2.64. The molecule has 0 unspecified atom stereocenters. The van der Waals surface area contributed by atoms with Crippen molar-refractivity contribution < 1.29 is 9.59 Å². The summed E-state index contributed by atoms with van der Waals surface area (Å²) in [5.74, 6) is 0.335. The molecule has 1 aliphatic heterocycles. The number of amides is 3. The van der Waals surface area contributed by atoms with Gasteiger partial charge in [-0.3, -0.25) is 9.69 Å². The largest absolute Gasteiger partial charge is 0.329 e. The van der Waals surface area contributed by atoms with E-state index in [2.05, 4.69) is 15.6 Å². The van der Waals surface area contributed by atoms with E-state index in [4.69, 9.17) is 0 Å². The van der Waals surface area contributed by atoms with Crippen LogP contribution in [-0.2, 0) is 11.3 Å². The Balaban J connectivity index is 0.00000280. The average molecular weight is 404 g/mol. The minimum absolute atomic E-state index is 0. The van der Waals surface area contributed by atoms with E-state index in [0.717, 1.165) is 23.5 Å². The number of hydrogen-bond acceptors (Lipinski definition) is 4. The van der Waals surface area contributed by atoms with Gasteiger partial charge in [-0.25, -0.2) is 9.78 Å². The van der Waals surface area contributed by atoms with Crippen LogP contribution in [0.1, 0.15) is 26.0 Å². The second kappa shape index (κ2) is 9.52. The quantitative estimate of drug-likeness (QED) is 0.773. The van der Waals surface area contributed by atoms with Crippen LogP contribution < -0.4 is 15.5 Å². The lowest BCUT2D eigenvalue weighted by molar-refractivity contribution is -0.117. The van der Waals surface area contributed by atoms with Crippen molar-refractivity contribution >= 4 is 41.5 Å². The monoisotopic (exact) mass is 403 g/mol. The number of halogens is 1. The molecule has 0 fully saturated rings. The first-order valence-corrected chi connectivity index (χ1v) is 9.17. The van der Waals surface area contributed by atoms with Crippen molar-refractivity contribution in [1.82, 2.24) is 15.2 Å². The van der Waals surface area contributed by atoms with Crippen LogP contribution in [-0.4, -0.2) is 41.5 Å². The van der Waals surface area contributed by atoms with Gasteiger partial charge in [-0.2, -0.15) is 0 Å². The van der Waals surface area contributed by atoms with Gasteiger partial charge in [0, 0.05) is 6.54 Å². The lowest BCUT2D eigenvalue weighted by Gasteiger charge is -2.36. The topological polar surface area (TPSA) is 77.6 Å². The number of urea groups is 1. The molecule has 8 heteroatoms. The third-order valence-electron chi connectivity index (χ3n) is 4.58. The van der Waals surface area contributed by atoms with Crippen molar-refractivity contribution in [2.75, 3.05) is 23.8 Å². The molecule has 1 atom stereocenters. The molecule has 0 radical (unpaired) electrons. The van der Waals surface area contributed by atoms with Crippen molar-refractivity contribution in [1.29, 1.82) is 0 Å². The van der Waals surface area contributed by atoms with Crippen LogP contribution in [0.5, 0.6) is 0 Å². The fourth-order valence-corrected chi connectivity index (χ4v) is 3.01. The second-order valence-electron chi connectivity index (χ2n) is 6.54. The number of pyridine rings is 1. The van der Waals surface area contributed by atoms with E-state index in [9.17, 15) is 9.59 Å². The Morgan fingerprint density at radius 3 is 2.57 bits per heavy atom. The molecule has 2 aromatic rings. The van der Waals surface area contributed by atoms with Crippen molar-refractivity contribution in [3.8, 4) is 0 Å². The first-order chi connectivity index (χ1) is 13.0. The number of rotatable bonds is 6. The molecule has 3 rings (SSSR count). The maximum absolute atomic E-state index is 13.0. The molecule has 0 spiro atoms. The van der Waals surface area contributed by atoms with Crippen molar-refractivity contribution in [2.24, 2.45) is 0 Å². The van der Waals surface area contributed by atoms with Gasteiger partial charge >= 0.3 is 6.03 Å². The van der Waals surface area contributed by atoms with Gasteiger partial charge in [-0.15, -0.1) is 12.4 Å². The van der Waals surface area contributed by atoms with Gasteiger partial charge < -0.3 is 15.5 Å². The number of anilines is 3. The van der Waals surface area contributed by atoms with Crippen molar-refractivity contribution in [3.63, 3.8) is 0 Å². The predicted molar refractivity (Wildman–Crippen MR) is 113 cm³/mol. The highest BCUT2D eigenvalue weighted by Crippen LogP contribution is 2.34. The Bertz CT molecular complexity index is 831. The molecule has 28 heavy (non-hydrogen) atoms. The SMILES string of the molecule is CCCN1Cc2nc(NC(=O)[C@H](C)NC)ccc2N(c2ccccc2)C1=O.Cl. The Morgan fingerprint density at radius 1 is 1.21 bits per heavy atom. The standard InChI is InChI=1S/C20H25N5O2.ClH/c1-4-12-24-13-16-17(25(20(24)27)15-8-6-5-7-9-15)10-11-18(22-16)23-19(26)14(2)21-3;/h5-11,14,21H,4,12-13H2,1-3H3,(H,22,23,26);1H/t14-;/m0./s1. The van der Waals surface area contributed by atoms with Crippen molar-refractivity contribution in [3.05, 3.63) is 48.2 Å². The van der Waals surface area contributed by atoms with E-state index in [1.54, 1.807) is 29.8 Å². The zero-order valence-electron chi connectivity index (χ0n) is 16.3. The minimum atomic E-state index is -0.318. The Morgan fingerprint density at radius 2 is 1.93 bits per heavy atom. The molecule has 0 bridgehead atoms. The summed E-state index contributed by atoms with van der Waals surface area (Å²) in [6.45, 7) is 4.90. The Labute approximate surface area is 171 Å². The molecule has 7 nitrogen and oxygen atoms in total. The van der Waals surface area contributed by atoms with E-state index < -0.39 is 0 Å². The summed E-state index contributed by atoms with van der Waals surface area (Å²) in [6.07, 6.45) is 0.861. The summed E-state index contributed by atoms with van der Waals surface area (Å²) in [6, 6.07) is 12.7. The molecule has 0 saturated carbocycles. The summed E-state index contributed by atoms with van der Waals surface area (Å²) in [5, 5.41) is 5.73. The number of aromatic nitrogens is 1. The van der Waals surface area contributed by atoms with E-state index in [-0.39, 0.29) is 30.4 Å². The van der Waals surface area contributed by atoms with Crippen LogP contribution in [0.15, 0.2) is 42.5 Å². The smallest absolute Gasteiger partial charge is 0.318 e. The molecule has 2 N–H and O–H groups in total. The number of benzene rings is 1. The Kier molecular flexibility index (Phi) is 7.37. The number of hydrogen-bond donors (Lipinski definition) is 2. The van der Waals surface area contributed by atoms with E-state index >= 15 is 0 Å². The molecule has 2 heterocycles. The first kappa shape index (κ1) is 21.7. The normalized spacial score (nSPS) is 14.2. The zero-order chi connectivity index (χ0) is 19.4. The summed E-state index contributed by atoms with van der Waals surface area (Å²) >= 11 is 0. The summed E-state index contributed by atoms with van der Waals surface area (Å²) in [7, 11) is 1.73. The zero-order valence-corrected chi connectivity index (χ0v) is 17.1.